The van der Waals surface area contributed by atoms with Gasteiger partial charge in [-0.15, -0.1) is 0 Å². The topological polar surface area (TPSA) is 59.1 Å². The minimum atomic E-state index is -3.22. The summed E-state index contributed by atoms with van der Waals surface area (Å²) >= 11 is 0. The van der Waals surface area contributed by atoms with Gasteiger partial charge in [-0.05, 0) is 51.1 Å². The Morgan fingerprint density at radius 2 is 1.87 bits per heavy atom. The molecule has 23 heavy (non-hydrogen) atoms. The fourth-order valence-electron chi connectivity index (χ4n) is 4.09. The maximum absolute atomic E-state index is 13.0. The van der Waals surface area contributed by atoms with Gasteiger partial charge in [-0.2, -0.15) is 4.31 Å². The third kappa shape index (κ3) is 4.45. The van der Waals surface area contributed by atoms with Crippen molar-refractivity contribution in [2.24, 2.45) is 5.92 Å². The molecule has 7 heteroatoms. The highest BCUT2D eigenvalue weighted by atomic mass is 32.2. The lowest BCUT2D eigenvalue weighted by Crippen LogP contribution is -2.44. The van der Waals surface area contributed by atoms with Crippen LogP contribution in [0.3, 0.4) is 0 Å². The standard InChI is InChI=1S/C16H30N2O4S/c1-21-16-10-15(11-17-6-2-3-7-17)18(12-16)23(19,20)13-14-4-8-22-9-5-14/h14-16H,2-13H2,1H3/t15-,16-/m0/s1. The molecule has 0 aromatic rings. The fourth-order valence-corrected chi connectivity index (χ4v) is 6.21. The number of hydrogen-bond acceptors (Lipinski definition) is 5. The predicted molar refractivity (Wildman–Crippen MR) is 88.9 cm³/mol. The van der Waals surface area contributed by atoms with Gasteiger partial charge < -0.3 is 14.4 Å². The summed E-state index contributed by atoms with van der Waals surface area (Å²) in [6.07, 6.45) is 5.03. The van der Waals surface area contributed by atoms with Crippen molar-refractivity contribution >= 4 is 10.0 Å². The van der Waals surface area contributed by atoms with E-state index in [4.69, 9.17) is 9.47 Å². The summed E-state index contributed by atoms with van der Waals surface area (Å²) in [5.74, 6) is 0.506. The Kier molecular flexibility index (Phi) is 5.96. The molecule has 6 nitrogen and oxygen atoms in total. The smallest absolute Gasteiger partial charge is 0.214 e. The quantitative estimate of drug-likeness (QED) is 0.716. The zero-order chi connectivity index (χ0) is 16.3. The lowest BCUT2D eigenvalue weighted by atomic mass is 10.0. The monoisotopic (exact) mass is 346 g/mol. The van der Waals surface area contributed by atoms with Crippen LogP contribution in [0.25, 0.3) is 0 Å². The molecule has 3 fully saturated rings. The van der Waals surface area contributed by atoms with Crippen LogP contribution >= 0.6 is 0 Å². The van der Waals surface area contributed by atoms with Crippen molar-refractivity contribution in [2.45, 2.75) is 44.2 Å². The van der Waals surface area contributed by atoms with Gasteiger partial charge in [0.05, 0.1) is 11.9 Å². The van der Waals surface area contributed by atoms with E-state index in [0.29, 0.717) is 19.8 Å². The van der Waals surface area contributed by atoms with Gasteiger partial charge in [-0.25, -0.2) is 8.42 Å². The molecular weight excluding hydrogens is 316 g/mol. The van der Waals surface area contributed by atoms with Gasteiger partial charge in [0.15, 0.2) is 0 Å². The van der Waals surface area contributed by atoms with Crippen LogP contribution in [0.5, 0.6) is 0 Å². The molecule has 3 heterocycles. The molecule has 0 aromatic heterocycles. The first kappa shape index (κ1) is 17.6. The van der Waals surface area contributed by atoms with E-state index in [1.165, 1.54) is 12.8 Å². The summed E-state index contributed by atoms with van der Waals surface area (Å²) in [5.41, 5.74) is 0. The van der Waals surface area contributed by atoms with Crippen LogP contribution in [-0.4, -0.2) is 82.0 Å². The number of methoxy groups -OCH3 is 1. The maximum Gasteiger partial charge on any atom is 0.214 e. The zero-order valence-corrected chi connectivity index (χ0v) is 15.0. The van der Waals surface area contributed by atoms with E-state index in [1.54, 1.807) is 11.4 Å². The molecule has 0 aromatic carbocycles. The van der Waals surface area contributed by atoms with Crippen molar-refractivity contribution in [1.82, 2.24) is 9.21 Å². The molecule has 134 valence electrons. The summed E-state index contributed by atoms with van der Waals surface area (Å²) in [5, 5.41) is 0. The van der Waals surface area contributed by atoms with Crippen LogP contribution in [-0.2, 0) is 19.5 Å². The highest BCUT2D eigenvalue weighted by molar-refractivity contribution is 7.89. The van der Waals surface area contributed by atoms with E-state index in [-0.39, 0.29) is 23.8 Å². The van der Waals surface area contributed by atoms with Crippen molar-refractivity contribution in [1.29, 1.82) is 0 Å². The zero-order valence-electron chi connectivity index (χ0n) is 14.2. The molecule has 3 saturated heterocycles. The number of hydrogen-bond donors (Lipinski definition) is 0. The van der Waals surface area contributed by atoms with Crippen LogP contribution in [0.1, 0.15) is 32.1 Å². The Morgan fingerprint density at radius 3 is 2.52 bits per heavy atom. The van der Waals surface area contributed by atoms with E-state index in [2.05, 4.69) is 4.90 Å². The van der Waals surface area contributed by atoms with Gasteiger partial charge in [0.25, 0.3) is 0 Å². The highest BCUT2D eigenvalue weighted by Gasteiger charge is 2.41. The second-order valence-corrected chi connectivity index (χ2v) is 9.13. The van der Waals surface area contributed by atoms with Crippen molar-refractivity contribution in [3.05, 3.63) is 0 Å². The van der Waals surface area contributed by atoms with Crippen LogP contribution in [0.15, 0.2) is 0 Å². The molecule has 0 aliphatic carbocycles. The van der Waals surface area contributed by atoms with Gasteiger partial charge in [0, 0.05) is 39.5 Å². The molecule has 3 aliphatic heterocycles. The summed E-state index contributed by atoms with van der Waals surface area (Å²) in [7, 11) is -1.54. The Labute approximate surface area is 140 Å². The number of nitrogens with zero attached hydrogens (tertiary/aromatic N) is 2. The normalized spacial score (nSPS) is 31.9. The molecule has 2 atom stereocenters. The van der Waals surface area contributed by atoms with E-state index < -0.39 is 10.0 Å². The van der Waals surface area contributed by atoms with Crippen LogP contribution in [0.4, 0.5) is 0 Å². The Morgan fingerprint density at radius 1 is 1.17 bits per heavy atom. The first-order chi connectivity index (χ1) is 11.1. The lowest BCUT2D eigenvalue weighted by molar-refractivity contribution is 0.0719. The fraction of sp³-hybridized carbons (Fsp3) is 1.00. The van der Waals surface area contributed by atoms with Crippen molar-refractivity contribution in [3.8, 4) is 0 Å². The van der Waals surface area contributed by atoms with E-state index in [9.17, 15) is 8.42 Å². The molecule has 0 N–H and O–H groups in total. The Bertz CT molecular complexity index is 472. The minimum Gasteiger partial charge on any atom is -0.381 e. The second-order valence-electron chi connectivity index (χ2n) is 7.16. The van der Waals surface area contributed by atoms with Gasteiger partial charge in [0.1, 0.15) is 0 Å². The van der Waals surface area contributed by atoms with E-state index in [0.717, 1.165) is 38.9 Å². The molecule has 0 radical (unpaired) electrons. The van der Waals surface area contributed by atoms with Crippen molar-refractivity contribution < 1.29 is 17.9 Å². The largest absolute Gasteiger partial charge is 0.381 e. The number of rotatable bonds is 6. The van der Waals surface area contributed by atoms with Gasteiger partial charge >= 0.3 is 0 Å². The van der Waals surface area contributed by atoms with Crippen molar-refractivity contribution in [3.63, 3.8) is 0 Å². The third-order valence-electron chi connectivity index (χ3n) is 5.47. The second kappa shape index (κ2) is 7.78. The molecule has 0 spiro atoms. The van der Waals surface area contributed by atoms with Crippen LogP contribution in [0.2, 0.25) is 0 Å². The van der Waals surface area contributed by atoms with E-state index >= 15 is 0 Å². The number of likely N-dealkylation sites (tertiary alicyclic amines) is 1. The lowest BCUT2D eigenvalue weighted by Gasteiger charge is -2.30. The van der Waals surface area contributed by atoms with Gasteiger partial charge in [-0.3, -0.25) is 0 Å². The molecule has 0 saturated carbocycles. The maximum atomic E-state index is 13.0. The van der Waals surface area contributed by atoms with E-state index in [1.807, 2.05) is 0 Å². The Hall–Kier alpha value is -0.210. The number of sulfonamides is 1. The van der Waals surface area contributed by atoms with Gasteiger partial charge in [0.2, 0.25) is 10.0 Å². The van der Waals surface area contributed by atoms with Gasteiger partial charge in [-0.1, -0.05) is 0 Å². The molecule has 0 amide bonds. The molecule has 3 aliphatic rings. The average molecular weight is 346 g/mol. The predicted octanol–water partition coefficient (Wildman–Crippen LogP) is 0.928. The third-order valence-corrected chi connectivity index (χ3v) is 7.53. The summed E-state index contributed by atoms with van der Waals surface area (Å²) < 4.78 is 38.5. The first-order valence-electron chi connectivity index (χ1n) is 8.91. The molecular formula is C16H30N2O4S. The summed E-state index contributed by atoms with van der Waals surface area (Å²) in [4.78, 5) is 2.40. The SMILES string of the molecule is CO[C@H]1C[C@@H](CN2CCCC2)N(S(=O)(=O)CC2CCOCC2)C1. The molecule has 0 unspecified atom stereocenters. The molecule has 0 bridgehead atoms. The summed E-state index contributed by atoms with van der Waals surface area (Å²) in [6, 6.07) is 0.0721. The minimum absolute atomic E-state index is 0.0343. The molecule has 3 rings (SSSR count). The number of ether oxygens (including phenoxy) is 2. The van der Waals surface area contributed by atoms with Crippen molar-refractivity contribution in [2.75, 3.05) is 52.3 Å². The first-order valence-corrected chi connectivity index (χ1v) is 10.5. The highest BCUT2D eigenvalue weighted by Crippen LogP contribution is 2.28. The average Bonchev–Trinajstić information content (AvgIpc) is 3.18. The van der Waals surface area contributed by atoms with Crippen LogP contribution in [0, 0.1) is 5.92 Å². The Balaban J connectivity index is 1.65. The summed E-state index contributed by atoms with van der Waals surface area (Å²) in [6.45, 7) is 4.95. The van der Waals surface area contributed by atoms with Crippen LogP contribution < -0.4 is 0 Å².